The lowest BCUT2D eigenvalue weighted by molar-refractivity contribution is -0.123. The molecule has 140 valence electrons. The summed E-state index contributed by atoms with van der Waals surface area (Å²) in [7, 11) is 1.59. The Labute approximate surface area is 155 Å². The molecule has 2 aromatic carbocycles. The molecule has 1 N–H and O–H groups in total. The van der Waals surface area contributed by atoms with E-state index in [1.165, 1.54) is 5.56 Å². The number of benzene rings is 2. The van der Waals surface area contributed by atoms with Gasteiger partial charge in [-0.3, -0.25) is 4.79 Å². The molecule has 0 aromatic heterocycles. The molecule has 0 aliphatic heterocycles. The molecule has 0 saturated carbocycles. The van der Waals surface area contributed by atoms with Crippen molar-refractivity contribution in [3.8, 4) is 17.2 Å². The number of amides is 1. The molecule has 0 aliphatic carbocycles. The molecular weight excluding hydrogens is 330 g/mol. The maximum Gasteiger partial charge on any atom is 0.258 e. The van der Waals surface area contributed by atoms with Gasteiger partial charge in [-0.25, -0.2) is 0 Å². The van der Waals surface area contributed by atoms with Gasteiger partial charge in [-0.2, -0.15) is 0 Å². The Kier molecular flexibility index (Phi) is 7.33. The van der Waals surface area contributed by atoms with E-state index in [-0.39, 0.29) is 12.5 Å². The highest BCUT2D eigenvalue weighted by atomic mass is 16.5. The van der Waals surface area contributed by atoms with Crippen molar-refractivity contribution in [1.29, 1.82) is 0 Å². The number of hydrogen-bond donors (Lipinski definition) is 1. The number of methoxy groups -OCH3 is 1. The first-order valence-electron chi connectivity index (χ1n) is 8.77. The summed E-state index contributed by atoms with van der Waals surface area (Å²) in [6.45, 7) is 6.96. The van der Waals surface area contributed by atoms with E-state index in [0.717, 1.165) is 11.3 Å². The van der Waals surface area contributed by atoms with Crippen LogP contribution in [0, 0.1) is 6.92 Å². The summed E-state index contributed by atoms with van der Waals surface area (Å²) in [5.74, 6) is 2.31. The van der Waals surface area contributed by atoms with Gasteiger partial charge in [-0.15, -0.1) is 0 Å². The molecule has 1 amide bonds. The Bertz CT molecular complexity index is 728. The van der Waals surface area contributed by atoms with Crippen LogP contribution in [0.15, 0.2) is 42.5 Å². The van der Waals surface area contributed by atoms with Crippen molar-refractivity contribution in [3.63, 3.8) is 0 Å². The zero-order valence-corrected chi connectivity index (χ0v) is 15.9. The van der Waals surface area contributed by atoms with Crippen LogP contribution in [-0.2, 0) is 4.79 Å². The van der Waals surface area contributed by atoms with Crippen LogP contribution in [0.1, 0.15) is 30.9 Å². The summed E-state index contributed by atoms with van der Waals surface area (Å²) >= 11 is 0. The second kappa shape index (κ2) is 9.70. The van der Waals surface area contributed by atoms with Crippen LogP contribution in [0.5, 0.6) is 17.2 Å². The van der Waals surface area contributed by atoms with Crippen molar-refractivity contribution in [2.75, 3.05) is 26.9 Å². The Morgan fingerprint density at radius 2 is 1.77 bits per heavy atom. The van der Waals surface area contributed by atoms with Crippen molar-refractivity contribution in [3.05, 3.63) is 53.6 Å². The first-order valence-corrected chi connectivity index (χ1v) is 8.77. The van der Waals surface area contributed by atoms with Gasteiger partial charge in [0.1, 0.15) is 12.4 Å². The normalized spacial score (nSPS) is 10.5. The van der Waals surface area contributed by atoms with Crippen molar-refractivity contribution >= 4 is 5.91 Å². The smallest absolute Gasteiger partial charge is 0.258 e. The minimum Gasteiger partial charge on any atom is -0.493 e. The lowest BCUT2D eigenvalue weighted by Gasteiger charge is -2.13. The van der Waals surface area contributed by atoms with Gasteiger partial charge in [-0.05, 0) is 42.2 Å². The molecule has 5 nitrogen and oxygen atoms in total. The standard InChI is InChI=1S/C21H27NO4/c1-15(2)17-10-9-16(3)20(13-17)26-14-21(23)22-11-12-25-19-8-6-5-7-18(19)24-4/h5-10,13,15H,11-12,14H2,1-4H3,(H,22,23). The van der Waals surface area contributed by atoms with Crippen LogP contribution < -0.4 is 19.5 Å². The molecule has 0 spiro atoms. The molecule has 0 heterocycles. The summed E-state index contributed by atoms with van der Waals surface area (Å²) in [5.41, 5.74) is 2.21. The van der Waals surface area contributed by atoms with E-state index in [4.69, 9.17) is 14.2 Å². The lowest BCUT2D eigenvalue weighted by Crippen LogP contribution is -2.32. The number of aryl methyl sites for hydroxylation is 1. The summed E-state index contributed by atoms with van der Waals surface area (Å²) in [6.07, 6.45) is 0. The van der Waals surface area contributed by atoms with Gasteiger partial charge in [0, 0.05) is 0 Å². The maximum atomic E-state index is 12.0. The molecule has 0 saturated heterocycles. The molecular formula is C21H27NO4. The van der Waals surface area contributed by atoms with Gasteiger partial charge in [0.15, 0.2) is 18.1 Å². The van der Waals surface area contributed by atoms with E-state index in [1.54, 1.807) is 7.11 Å². The highest BCUT2D eigenvalue weighted by Crippen LogP contribution is 2.25. The van der Waals surface area contributed by atoms with Crippen molar-refractivity contribution < 1.29 is 19.0 Å². The van der Waals surface area contributed by atoms with Gasteiger partial charge >= 0.3 is 0 Å². The fraction of sp³-hybridized carbons (Fsp3) is 0.381. The first kappa shape index (κ1) is 19.6. The second-order valence-electron chi connectivity index (χ2n) is 6.32. The number of nitrogens with one attached hydrogen (secondary N) is 1. The van der Waals surface area contributed by atoms with E-state index in [9.17, 15) is 4.79 Å². The van der Waals surface area contributed by atoms with E-state index >= 15 is 0 Å². The average molecular weight is 357 g/mol. The Balaban J connectivity index is 1.75. The van der Waals surface area contributed by atoms with Crippen LogP contribution >= 0.6 is 0 Å². The van der Waals surface area contributed by atoms with Crippen LogP contribution in [0.25, 0.3) is 0 Å². The van der Waals surface area contributed by atoms with Gasteiger partial charge in [0.05, 0.1) is 13.7 Å². The molecule has 0 atom stereocenters. The molecule has 2 aromatic rings. The fourth-order valence-electron chi connectivity index (χ4n) is 2.42. The maximum absolute atomic E-state index is 12.0. The topological polar surface area (TPSA) is 56.8 Å². The minimum atomic E-state index is -0.178. The largest absolute Gasteiger partial charge is 0.493 e. The van der Waals surface area contributed by atoms with Crippen molar-refractivity contribution in [1.82, 2.24) is 5.32 Å². The fourth-order valence-corrected chi connectivity index (χ4v) is 2.42. The van der Waals surface area contributed by atoms with Crippen LogP contribution in [0.3, 0.4) is 0 Å². The quantitative estimate of drug-likeness (QED) is 0.695. The van der Waals surface area contributed by atoms with E-state index < -0.39 is 0 Å². The third-order valence-electron chi connectivity index (χ3n) is 3.99. The molecule has 26 heavy (non-hydrogen) atoms. The highest BCUT2D eigenvalue weighted by molar-refractivity contribution is 5.77. The number of rotatable bonds is 9. The van der Waals surface area contributed by atoms with Gasteiger partial charge < -0.3 is 19.5 Å². The predicted molar refractivity (Wildman–Crippen MR) is 102 cm³/mol. The van der Waals surface area contributed by atoms with Crippen molar-refractivity contribution in [2.24, 2.45) is 0 Å². The number of hydrogen-bond acceptors (Lipinski definition) is 4. The Morgan fingerprint density at radius 3 is 2.46 bits per heavy atom. The molecule has 0 bridgehead atoms. The average Bonchev–Trinajstić information content (AvgIpc) is 2.64. The molecule has 0 radical (unpaired) electrons. The molecule has 0 aliphatic rings. The summed E-state index contributed by atoms with van der Waals surface area (Å²) in [5, 5.41) is 2.79. The predicted octanol–water partition coefficient (Wildman–Crippen LogP) is 3.70. The highest BCUT2D eigenvalue weighted by Gasteiger charge is 2.08. The van der Waals surface area contributed by atoms with Crippen LogP contribution in [-0.4, -0.2) is 32.8 Å². The zero-order chi connectivity index (χ0) is 18.9. The Morgan fingerprint density at radius 1 is 1.04 bits per heavy atom. The minimum absolute atomic E-state index is 0.0168. The third-order valence-corrected chi connectivity index (χ3v) is 3.99. The summed E-state index contributed by atoms with van der Waals surface area (Å²) in [4.78, 5) is 12.0. The second-order valence-corrected chi connectivity index (χ2v) is 6.32. The van der Waals surface area contributed by atoms with Crippen LogP contribution in [0.4, 0.5) is 0 Å². The zero-order valence-electron chi connectivity index (χ0n) is 15.9. The summed E-state index contributed by atoms with van der Waals surface area (Å²) in [6, 6.07) is 13.5. The number of carbonyl (C=O) groups is 1. The monoisotopic (exact) mass is 357 g/mol. The number of para-hydroxylation sites is 2. The van der Waals surface area contributed by atoms with Crippen LogP contribution in [0.2, 0.25) is 0 Å². The van der Waals surface area contributed by atoms with Gasteiger partial charge in [-0.1, -0.05) is 38.1 Å². The van der Waals surface area contributed by atoms with E-state index in [1.807, 2.05) is 43.3 Å². The van der Waals surface area contributed by atoms with E-state index in [0.29, 0.717) is 30.6 Å². The SMILES string of the molecule is COc1ccccc1OCCNC(=O)COc1cc(C(C)C)ccc1C. The molecule has 0 unspecified atom stereocenters. The molecule has 2 rings (SSSR count). The lowest BCUT2D eigenvalue weighted by atomic mass is 10.0. The third kappa shape index (κ3) is 5.69. The van der Waals surface area contributed by atoms with Gasteiger partial charge in [0.2, 0.25) is 0 Å². The molecule has 5 heteroatoms. The van der Waals surface area contributed by atoms with Crippen molar-refractivity contribution in [2.45, 2.75) is 26.7 Å². The molecule has 0 fully saturated rings. The first-order chi connectivity index (χ1) is 12.5. The summed E-state index contributed by atoms with van der Waals surface area (Å²) < 4.78 is 16.5. The number of carbonyl (C=O) groups excluding carboxylic acids is 1. The van der Waals surface area contributed by atoms with E-state index in [2.05, 4.69) is 25.2 Å². The Hall–Kier alpha value is -2.69. The number of ether oxygens (including phenoxy) is 3. The van der Waals surface area contributed by atoms with Gasteiger partial charge in [0.25, 0.3) is 5.91 Å².